The van der Waals surface area contributed by atoms with E-state index in [1.54, 1.807) is 0 Å². The molecular weight excluding hydrogens is 450 g/mol. The molecular formula is C23H35NO10. The van der Waals surface area contributed by atoms with Crippen molar-refractivity contribution in [3.05, 3.63) is 24.3 Å². The van der Waals surface area contributed by atoms with Gasteiger partial charge in [-0.2, -0.15) is 0 Å². The molecule has 1 aromatic rings. The molecule has 0 saturated carbocycles. The lowest BCUT2D eigenvalue weighted by atomic mass is 9.96. The Hall–Kier alpha value is -2.89. The Balaban J connectivity index is 0.000000385. The first-order valence-electron chi connectivity index (χ1n) is 11.1. The van der Waals surface area contributed by atoms with Gasteiger partial charge >= 0.3 is 17.9 Å². The Morgan fingerprint density at radius 3 is 1.88 bits per heavy atom. The summed E-state index contributed by atoms with van der Waals surface area (Å²) in [6.07, 6.45) is -0.490. The van der Waals surface area contributed by atoms with E-state index in [-0.39, 0.29) is 0 Å². The Morgan fingerprint density at radius 1 is 0.971 bits per heavy atom. The quantitative estimate of drug-likeness (QED) is 0.285. The van der Waals surface area contributed by atoms with Crippen LogP contribution >= 0.6 is 0 Å². The highest BCUT2D eigenvalue weighted by atomic mass is 16.7. The molecule has 0 saturated heterocycles. The highest BCUT2D eigenvalue weighted by molar-refractivity contribution is 5.88. The van der Waals surface area contributed by atoms with Gasteiger partial charge in [-0.1, -0.05) is 26.0 Å². The van der Waals surface area contributed by atoms with Crippen LogP contribution in [-0.2, 0) is 19.1 Å². The Labute approximate surface area is 198 Å². The van der Waals surface area contributed by atoms with Crippen LogP contribution in [0.4, 0.5) is 0 Å². The van der Waals surface area contributed by atoms with E-state index in [1.165, 1.54) is 0 Å². The van der Waals surface area contributed by atoms with Gasteiger partial charge in [0.05, 0.1) is 19.4 Å². The van der Waals surface area contributed by atoms with Crippen LogP contribution in [0.15, 0.2) is 24.3 Å². The van der Waals surface area contributed by atoms with Gasteiger partial charge in [0.15, 0.2) is 17.1 Å². The van der Waals surface area contributed by atoms with Gasteiger partial charge in [-0.3, -0.25) is 9.59 Å². The standard InChI is InChI=1S/C17H27NO3.C6H8O7/c1-4-18(5-2)12-8-13-19-14-11-17(3)20-15-9-6-7-10-16(15)21-17;7-3(8)1-6(13,5(11)12)2-4(9)10/h6-7,9-10H,4-5,8,11-14H2,1-3H3;13H,1-2H2,(H,7,8)(H,9,10)(H,11,12). The average molecular weight is 486 g/mol. The van der Waals surface area contributed by atoms with Gasteiger partial charge in [0, 0.05) is 26.5 Å². The molecule has 0 aromatic heterocycles. The zero-order chi connectivity index (χ0) is 25.8. The molecule has 11 heteroatoms. The van der Waals surface area contributed by atoms with Gasteiger partial charge in [0.25, 0.3) is 5.79 Å². The molecule has 0 radical (unpaired) electrons. The fourth-order valence-electron chi connectivity index (χ4n) is 3.21. The van der Waals surface area contributed by atoms with Gasteiger partial charge in [-0.05, 0) is 31.6 Å². The summed E-state index contributed by atoms with van der Waals surface area (Å²) in [5, 5.41) is 33.8. The Morgan fingerprint density at radius 2 is 1.47 bits per heavy atom. The van der Waals surface area contributed by atoms with Crippen molar-refractivity contribution in [2.45, 2.75) is 57.8 Å². The molecule has 192 valence electrons. The number of carboxylic acids is 3. The first-order chi connectivity index (χ1) is 15.9. The summed E-state index contributed by atoms with van der Waals surface area (Å²) in [5.74, 6) is -3.97. The molecule has 1 aliphatic heterocycles. The van der Waals surface area contributed by atoms with Crippen LogP contribution in [0.2, 0.25) is 0 Å². The van der Waals surface area contributed by atoms with Crippen molar-refractivity contribution in [2.75, 3.05) is 32.8 Å². The lowest BCUT2D eigenvalue weighted by Gasteiger charge is -2.23. The van der Waals surface area contributed by atoms with Gasteiger partial charge in [-0.25, -0.2) is 4.79 Å². The lowest BCUT2D eigenvalue weighted by Crippen LogP contribution is -2.42. The first-order valence-corrected chi connectivity index (χ1v) is 11.1. The third kappa shape index (κ3) is 9.94. The molecule has 11 nitrogen and oxygen atoms in total. The normalized spacial score (nSPS) is 13.8. The van der Waals surface area contributed by atoms with Crippen molar-refractivity contribution in [3.8, 4) is 11.5 Å². The summed E-state index contributed by atoms with van der Waals surface area (Å²) in [6, 6.07) is 7.78. The number of benzene rings is 1. The molecule has 0 amide bonds. The maximum Gasteiger partial charge on any atom is 0.336 e. The SMILES string of the molecule is CCN(CC)CCCOCCC1(C)Oc2ccccc2O1.O=C(O)CC(O)(CC(=O)O)C(=O)O. The minimum Gasteiger partial charge on any atom is -0.481 e. The molecule has 0 atom stereocenters. The van der Waals surface area contributed by atoms with Crippen molar-refractivity contribution < 1.29 is 49.0 Å². The number of rotatable bonds is 14. The van der Waals surface area contributed by atoms with E-state index in [4.69, 9.17) is 34.6 Å². The molecule has 1 heterocycles. The number of ether oxygens (including phenoxy) is 3. The third-order valence-electron chi connectivity index (χ3n) is 5.14. The van der Waals surface area contributed by atoms with E-state index in [2.05, 4.69) is 18.7 Å². The summed E-state index contributed by atoms with van der Waals surface area (Å²) in [5.41, 5.74) is -2.74. The molecule has 4 N–H and O–H groups in total. The van der Waals surface area contributed by atoms with Crippen molar-refractivity contribution in [1.29, 1.82) is 0 Å². The largest absolute Gasteiger partial charge is 0.481 e. The number of aliphatic hydroxyl groups is 1. The molecule has 34 heavy (non-hydrogen) atoms. The van der Waals surface area contributed by atoms with Crippen LogP contribution < -0.4 is 9.47 Å². The summed E-state index contributed by atoms with van der Waals surface area (Å²) in [6.45, 7) is 11.1. The predicted octanol–water partition coefficient (Wildman–Crippen LogP) is 2.06. The van der Waals surface area contributed by atoms with Gasteiger partial charge in [0.2, 0.25) is 0 Å². The number of fused-ring (bicyclic) bond motifs is 1. The predicted molar refractivity (Wildman–Crippen MR) is 121 cm³/mol. The smallest absolute Gasteiger partial charge is 0.336 e. The average Bonchev–Trinajstić information content (AvgIpc) is 3.08. The molecule has 0 aliphatic carbocycles. The van der Waals surface area contributed by atoms with E-state index >= 15 is 0 Å². The second kappa shape index (κ2) is 13.7. The van der Waals surface area contributed by atoms with E-state index in [1.807, 2.05) is 31.2 Å². The third-order valence-corrected chi connectivity index (χ3v) is 5.14. The summed E-state index contributed by atoms with van der Waals surface area (Å²) in [7, 11) is 0. The molecule has 1 aromatic carbocycles. The topological polar surface area (TPSA) is 163 Å². The van der Waals surface area contributed by atoms with Crippen LogP contribution in [0, 0.1) is 0 Å². The zero-order valence-corrected chi connectivity index (χ0v) is 19.9. The Kier molecular flexibility index (Phi) is 11.8. The maximum atomic E-state index is 10.3. The number of carboxylic acid groups (broad SMARTS) is 3. The van der Waals surface area contributed by atoms with Gasteiger partial charge in [0.1, 0.15) is 0 Å². The molecule has 1 aliphatic rings. The maximum absolute atomic E-state index is 10.3. The van der Waals surface area contributed by atoms with Crippen LogP contribution in [0.25, 0.3) is 0 Å². The minimum atomic E-state index is -2.74. The fourth-order valence-corrected chi connectivity index (χ4v) is 3.21. The minimum absolute atomic E-state index is 0.595. The fraction of sp³-hybridized carbons (Fsp3) is 0.609. The summed E-state index contributed by atoms with van der Waals surface area (Å²) in [4.78, 5) is 32.9. The van der Waals surface area contributed by atoms with Crippen LogP contribution in [-0.4, -0.2) is 87.5 Å². The number of carbonyl (C=O) groups is 3. The second-order valence-corrected chi connectivity index (χ2v) is 8.01. The molecule has 0 spiro atoms. The van der Waals surface area contributed by atoms with E-state index in [0.717, 1.165) is 50.6 Å². The number of hydrogen-bond acceptors (Lipinski definition) is 8. The van der Waals surface area contributed by atoms with E-state index in [9.17, 15) is 14.4 Å². The van der Waals surface area contributed by atoms with Crippen molar-refractivity contribution in [3.63, 3.8) is 0 Å². The molecule has 0 unspecified atom stereocenters. The van der Waals surface area contributed by atoms with Gasteiger partial charge in [-0.15, -0.1) is 0 Å². The van der Waals surface area contributed by atoms with E-state index in [0.29, 0.717) is 6.61 Å². The molecule has 2 rings (SSSR count). The lowest BCUT2D eigenvalue weighted by molar-refractivity contribution is -0.170. The number of hydrogen-bond donors (Lipinski definition) is 4. The highest BCUT2D eigenvalue weighted by Gasteiger charge is 2.40. The van der Waals surface area contributed by atoms with Crippen molar-refractivity contribution in [2.24, 2.45) is 0 Å². The number of nitrogens with zero attached hydrogens (tertiary/aromatic N) is 1. The highest BCUT2D eigenvalue weighted by Crippen LogP contribution is 2.40. The summed E-state index contributed by atoms with van der Waals surface area (Å²) < 4.78 is 17.4. The second-order valence-electron chi connectivity index (χ2n) is 8.01. The zero-order valence-electron chi connectivity index (χ0n) is 19.9. The Bertz CT molecular complexity index is 768. The first kappa shape index (κ1) is 29.1. The number of aliphatic carboxylic acids is 3. The van der Waals surface area contributed by atoms with Crippen LogP contribution in [0.1, 0.15) is 46.5 Å². The van der Waals surface area contributed by atoms with E-state index < -0.39 is 42.1 Å². The molecule has 0 bridgehead atoms. The van der Waals surface area contributed by atoms with Crippen molar-refractivity contribution >= 4 is 17.9 Å². The molecule has 0 fully saturated rings. The van der Waals surface area contributed by atoms with Gasteiger partial charge < -0.3 is 39.5 Å². The number of para-hydroxylation sites is 2. The monoisotopic (exact) mass is 485 g/mol. The van der Waals surface area contributed by atoms with Crippen LogP contribution in [0.5, 0.6) is 11.5 Å². The summed E-state index contributed by atoms with van der Waals surface area (Å²) >= 11 is 0. The van der Waals surface area contributed by atoms with Crippen molar-refractivity contribution in [1.82, 2.24) is 4.90 Å². The van der Waals surface area contributed by atoms with Crippen LogP contribution in [0.3, 0.4) is 0 Å².